The van der Waals surface area contributed by atoms with E-state index in [0.717, 1.165) is 41.9 Å². The number of amidine groups is 1. The summed E-state index contributed by atoms with van der Waals surface area (Å²) < 4.78 is 49.6. The maximum absolute atomic E-state index is 14.6. The van der Waals surface area contributed by atoms with Crippen LogP contribution in [0.2, 0.25) is 0 Å². The molecule has 0 spiro atoms. The second kappa shape index (κ2) is 39.3. The van der Waals surface area contributed by atoms with Crippen molar-refractivity contribution in [3.8, 4) is 76.6 Å². The normalized spacial score (nSPS) is 20.4. The molecule has 5 fully saturated rings. The van der Waals surface area contributed by atoms with Crippen LogP contribution in [-0.4, -0.2) is 203 Å². The van der Waals surface area contributed by atoms with Gasteiger partial charge in [-0.25, -0.2) is 8.78 Å². The molecular formula is C98H87F2N15O18. The molecule has 0 aliphatic carbocycles. The molecule has 33 nitrogen and oxygen atoms in total. The van der Waals surface area contributed by atoms with E-state index in [9.17, 15) is 76.2 Å². The molecule has 9 aliphatic heterocycles. The van der Waals surface area contributed by atoms with Crippen molar-refractivity contribution in [3.63, 3.8) is 0 Å². The molecule has 8 aromatic rings. The van der Waals surface area contributed by atoms with Crippen LogP contribution >= 0.6 is 0 Å². The summed E-state index contributed by atoms with van der Waals surface area (Å²) in [4.78, 5) is 183. The molecule has 2 aromatic heterocycles. The number of aromatic nitrogens is 2. The number of carboxylic acid groups (broad SMARTS) is 1. The average molecular weight is 1800 g/mol. The van der Waals surface area contributed by atoms with Crippen molar-refractivity contribution in [1.29, 1.82) is 5.26 Å². The van der Waals surface area contributed by atoms with Gasteiger partial charge in [-0.1, -0.05) is 95.9 Å². The third-order valence-electron chi connectivity index (χ3n) is 23.8. The van der Waals surface area contributed by atoms with Crippen molar-refractivity contribution in [2.45, 2.75) is 84.6 Å². The highest BCUT2D eigenvalue weighted by Gasteiger charge is 2.53. The van der Waals surface area contributed by atoms with E-state index in [2.05, 4.69) is 88.9 Å². The first-order chi connectivity index (χ1) is 63.8. The number of hydrogen-bond donors (Lipinski definition) is 7. The molecule has 6 aromatic carbocycles. The number of aliphatic imine (C=N–C) groups is 1. The number of methoxy groups -OCH3 is 4. The number of nitrogens with one attached hydrogen (secondary N) is 5. The lowest BCUT2D eigenvalue weighted by Crippen LogP contribution is -2.42. The van der Waals surface area contributed by atoms with E-state index < -0.39 is 104 Å². The number of rotatable bonds is 17. The molecule has 676 valence electrons. The van der Waals surface area contributed by atoms with Crippen molar-refractivity contribution in [2.24, 2.45) is 32.4 Å². The topological polar surface area (TPSA) is 443 Å². The molecule has 11 heterocycles. The third kappa shape index (κ3) is 20.1. The minimum absolute atomic E-state index is 0.00730. The number of halogens is 2. The summed E-state index contributed by atoms with van der Waals surface area (Å²) in [5.41, 5.74) is 9.00. The Hall–Kier alpha value is -16.3. The number of nitrogens with zero attached hydrogens (tertiary/aromatic N) is 9. The van der Waals surface area contributed by atoms with Gasteiger partial charge in [-0.05, 0) is 145 Å². The molecular weight excluding hydrogens is 1710 g/mol. The third-order valence-corrected chi connectivity index (χ3v) is 23.8. The van der Waals surface area contributed by atoms with Crippen LogP contribution < -0.4 is 51.3 Å². The number of carbonyl (C=O) groups is 13. The Kier molecular flexibility index (Phi) is 27.5. The van der Waals surface area contributed by atoms with Gasteiger partial charge in [0.2, 0.25) is 53.5 Å². The molecule has 5 saturated heterocycles. The maximum Gasteiger partial charge on any atom is 0.325 e. The summed E-state index contributed by atoms with van der Waals surface area (Å²) in [6.07, 6.45) is 5.42. The van der Waals surface area contributed by atoms with E-state index in [1.165, 1.54) is 60.2 Å². The van der Waals surface area contributed by atoms with Gasteiger partial charge in [-0.2, -0.15) is 10.3 Å². The number of aliphatic carboxylic acids is 1. The van der Waals surface area contributed by atoms with Gasteiger partial charge in [0.1, 0.15) is 45.0 Å². The predicted molar refractivity (Wildman–Crippen MR) is 470 cm³/mol. The Labute approximate surface area is 761 Å². The quantitative estimate of drug-likeness (QED) is 0.0196. The van der Waals surface area contributed by atoms with Crippen molar-refractivity contribution in [3.05, 3.63) is 247 Å². The summed E-state index contributed by atoms with van der Waals surface area (Å²) >= 11 is 0. The molecule has 0 saturated carbocycles. The van der Waals surface area contributed by atoms with E-state index in [0.29, 0.717) is 99.9 Å². The maximum atomic E-state index is 14.6. The van der Waals surface area contributed by atoms with E-state index in [-0.39, 0.29) is 105 Å². The van der Waals surface area contributed by atoms with E-state index in [4.69, 9.17) is 29.9 Å². The fourth-order valence-electron chi connectivity index (χ4n) is 16.8. The highest BCUT2D eigenvalue weighted by Crippen LogP contribution is 2.41. The van der Waals surface area contributed by atoms with Crippen molar-refractivity contribution in [2.75, 3.05) is 80.8 Å². The summed E-state index contributed by atoms with van der Waals surface area (Å²) in [7, 11) is 5.70. The van der Waals surface area contributed by atoms with Gasteiger partial charge in [0, 0.05) is 130 Å². The predicted octanol–water partition coefficient (Wildman–Crippen LogP) is 5.43. The molecule has 5 atom stereocenters. The van der Waals surface area contributed by atoms with Gasteiger partial charge in [-0.15, -0.1) is 0 Å². The number of fused-ring (bicyclic) bond motifs is 4. The van der Waals surface area contributed by atoms with E-state index in [1.807, 2.05) is 24.0 Å². The lowest BCUT2D eigenvalue weighted by atomic mass is 9.85. The van der Waals surface area contributed by atoms with Crippen LogP contribution in [-0.2, 0) is 75.8 Å². The molecule has 35 heteroatoms. The molecule has 9 aliphatic rings. The summed E-state index contributed by atoms with van der Waals surface area (Å²) in [5, 5.41) is 31.0. The second-order valence-electron chi connectivity index (χ2n) is 32.9. The van der Waals surface area contributed by atoms with Gasteiger partial charge in [0.15, 0.2) is 23.1 Å². The van der Waals surface area contributed by atoms with Gasteiger partial charge < -0.3 is 54.7 Å². The number of amides is 12. The van der Waals surface area contributed by atoms with Crippen LogP contribution in [0, 0.1) is 106 Å². The second-order valence-corrected chi connectivity index (χ2v) is 32.9. The minimum atomic E-state index is -1.42. The Balaban J connectivity index is 0.000000143. The van der Waals surface area contributed by atoms with E-state index >= 15 is 0 Å². The monoisotopic (exact) mass is 1800 g/mol. The standard InChI is InChI=1S/C29H30N4O6.C25H21N5O4.2C22H18FN3O4/c1-39-22-8-7-21-17-33(26(35)23(21)15-22)18-29(16-24(34)31-28(29)38)10-9-19-3-5-20(6-4-19)25(27(36)37)32-13-2-11-30-12-14-32;1-34-19-7-6-18-13-30(23(32)20(18)11-19)14-25(12-22(31)29-24(25)33)9-8-16-2-4-17(5-3-16)10-21(27)28-15-26;1-13-3-4-14(10-24-13)7-8-22(9-17(27)25-21(22)29)12-26-11-15-5-6-16(30-2)19(23)18(15)20(26)28;1-13-14(4-3-9-24-13)7-8-22(10-17(27)25-21(22)29)12-26-11-15-5-6-16(30-2)19(23)18(15)20(26)28/h3-8,15,25,30H,2,11-14,16-18H2,1H3,(H,36,37)(H,31,34,38);2-7,11H,10,12-14H2,1H3,(H2,27,28)(H,29,31,33);3-6,10H,9,11-12H2,1-2H3,(H,25,27,29);3-6,9H,10-12H2,1-2H3,(H,25,27,29)/t25?,29-;25-;2*22-/m1111/s1. The lowest BCUT2D eigenvalue weighted by molar-refractivity contribution is -0.143. The highest BCUT2D eigenvalue weighted by atomic mass is 19.1. The van der Waals surface area contributed by atoms with Crippen molar-refractivity contribution >= 4 is 82.7 Å². The molecule has 133 heavy (non-hydrogen) atoms. The summed E-state index contributed by atoms with van der Waals surface area (Å²) in [6.45, 7) is 7.09. The number of carbonyl (C=O) groups excluding carboxylic acids is 12. The SMILES string of the molecule is COc1ccc2c(c1)C(=O)N(C[C@@]1(C#Cc3ccc(C(C(=O)O)N4CCCNCC4)cc3)CC(=O)NC1=O)C2.COc1ccc2c(c1)C(=O)N(C[C@@]1(C#Cc3ccc(CC(N)=NC#N)cc3)CC(=O)NC1=O)C2.COc1ccc2c(c1F)C(=O)N(C[C@@]1(C#Cc3ccc(C)nc3)CC(=O)NC1=O)C2.COc1ccc2c(c1F)C(=O)N(C[C@@]1(C#Cc3cccnc3C)CC(=O)NC1=O)C2. The molecule has 8 N–H and O–H groups in total. The lowest BCUT2D eigenvalue weighted by Gasteiger charge is -2.27. The van der Waals surface area contributed by atoms with E-state index in [1.54, 1.807) is 135 Å². The number of ether oxygens (including phenoxy) is 4. The van der Waals surface area contributed by atoms with Gasteiger partial charge in [0.05, 0.1) is 70.9 Å². The molecule has 17 rings (SSSR count). The molecule has 12 amide bonds. The Bertz CT molecular complexity index is 6520. The average Bonchev–Trinajstić information content (AvgIpc) is 1.63. The number of benzene rings is 6. The molecule has 0 radical (unpaired) electrons. The molecule has 1 unspecified atom stereocenters. The van der Waals surface area contributed by atoms with Crippen LogP contribution in [0.4, 0.5) is 8.78 Å². The van der Waals surface area contributed by atoms with Crippen LogP contribution in [0.1, 0.15) is 147 Å². The van der Waals surface area contributed by atoms with Gasteiger partial charge in [-0.3, -0.25) is 98.5 Å². The number of nitriles is 1. The number of carboxylic acids is 1. The first-order valence-electron chi connectivity index (χ1n) is 41.9. The summed E-state index contributed by atoms with van der Waals surface area (Å²) in [6, 6.07) is 37.0. The van der Waals surface area contributed by atoms with Crippen LogP contribution in [0.25, 0.3) is 0 Å². The zero-order valence-electron chi connectivity index (χ0n) is 72.9. The number of pyridine rings is 2. The van der Waals surface area contributed by atoms with Crippen molar-refractivity contribution < 1.29 is 95.2 Å². The number of hydrogen-bond acceptors (Lipinski definition) is 23. The first-order valence-corrected chi connectivity index (χ1v) is 41.9. The Morgan fingerprint density at radius 3 is 1.34 bits per heavy atom. The number of imide groups is 4. The number of aryl methyl sites for hydroxylation is 2. The smallest absolute Gasteiger partial charge is 0.325 e. The fourth-order valence-corrected chi connectivity index (χ4v) is 16.8. The molecule has 0 bridgehead atoms. The van der Waals surface area contributed by atoms with Gasteiger partial charge >= 0.3 is 5.97 Å². The Morgan fingerprint density at radius 1 is 0.511 bits per heavy atom. The minimum Gasteiger partial charge on any atom is -0.497 e. The van der Waals surface area contributed by atoms with Crippen LogP contribution in [0.15, 0.2) is 151 Å². The highest BCUT2D eigenvalue weighted by molar-refractivity contribution is 6.12. The zero-order chi connectivity index (χ0) is 94.8. The largest absolute Gasteiger partial charge is 0.497 e. The van der Waals surface area contributed by atoms with Crippen LogP contribution in [0.5, 0.6) is 23.0 Å². The zero-order valence-corrected chi connectivity index (χ0v) is 72.9. The van der Waals surface area contributed by atoms with Crippen molar-refractivity contribution in [1.82, 2.24) is 61.1 Å². The number of nitrogens with two attached hydrogens (primary N) is 1. The fraction of sp³-hybridized carbons (Fsp3) is 0.296. The Morgan fingerprint density at radius 2 is 0.932 bits per heavy atom. The summed E-state index contributed by atoms with van der Waals surface area (Å²) in [5.74, 6) is 16.9. The van der Waals surface area contributed by atoms with Crippen LogP contribution in [0.3, 0.4) is 0 Å². The van der Waals surface area contributed by atoms with Gasteiger partial charge in [0.25, 0.3) is 23.6 Å². The first kappa shape index (κ1) is 92.9.